The number of hydrogen-bond acceptors (Lipinski definition) is 4. The van der Waals surface area contributed by atoms with Crippen LogP contribution in [0.2, 0.25) is 0 Å². The van der Waals surface area contributed by atoms with E-state index in [4.69, 9.17) is 5.73 Å². The average molecular weight is 296 g/mol. The van der Waals surface area contributed by atoms with Crippen LogP contribution in [-0.4, -0.2) is 24.5 Å². The average Bonchev–Trinajstić information content (AvgIpc) is 3.01. The molecule has 3 rings (SSSR count). The number of rotatable bonds is 3. The van der Waals surface area contributed by atoms with Crippen molar-refractivity contribution in [2.75, 3.05) is 5.73 Å². The number of aromatic nitrogens is 5. The summed E-state index contributed by atoms with van der Waals surface area (Å²) in [6.07, 6.45) is -1.16. The van der Waals surface area contributed by atoms with Gasteiger partial charge < -0.3 is 10.3 Å². The maximum absolute atomic E-state index is 12.7. The number of aryl methyl sites for hydroxylation is 2. The van der Waals surface area contributed by atoms with Crippen molar-refractivity contribution in [1.82, 2.24) is 24.5 Å². The van der Waals surface area contributed by atoms with Crippen LogP contribution >= 0.6 is 0 Å². The molecule has 1 aromatic carbocycles. The van der Waals surface area contributed by atoms with Crippen molar-refractivity contribution in [2.45, 2.75) is 19.3 Å². The Morgan fingerprint density at radius 1 is 1.19 bits per heavy atom. The van der Waals surface area contributed by atoms with Crippen LogP contribution in [0.3, 0.4) is 0 Å². The molecule has 0 aliphatic carbocycles. The van der Waals surface area contributed by atoms with Gasteiger partial charge in [-0.05, 0) is 18.2 Å². The topological polar surface area (TPSA) is 74.5 Å². The summed E-state index contributed by atoms with van der Waals surface area (Å²) < 4.78 is 41.3. The van der Waals surface area contributed by atoms with Crippen molar-refractivity contribution in [3.8, 4) is 0 Å². The molecule has 0 atom stereocenters. The first-order valence-corrected chi connectivity index (χ1v) is 6.12. The molecule has 21 heavy (non-hydrogen) atoms. The van der Waals surface area contributed by atoms with E-state index in [1.807, 2.05) is 0 Å². The Bertz CT molecular complexity index is 759. The molecule has 0 saturated carbocycles. The van der Waals surface area contributed by atoms with Crippen LogP contribution in [0.25, 0.3) is 11.0 Å². The van der Waals surface area contributed by atoms with Crippen molar-refractivity contribution < 1.29 is 13.2 Å². The summed E-state index contributed by atoms with van der Waals surface area (Å²) in [6.45, 7) is 0.938. The fourth-order valence-corrected chi connectivity index (χ4v) is 2.11. The summed E-state index contributed by atoms with van der Waals surface area (Å²) >= 11 is 0. The van der Waals surface area contributed by atoms with Gasteiger partial charge in [0.1, 0.15) is 0 Å². The summed E-state index contributed by atoms with van der Waals surface area (Å²) in [7, 11) is 0. The minimum Gasteiger partial charge on any atom is -0.369 e. The third kappa shape index (κ3) is 2.54. The molecule has 2 heterocycles. The predicted molar refractivity (Wildman–Crippen MR) is 69.2 cm³/mol. The number of fused-ring (bicyclic) bond motifs is 1. The summed E-state index contributed by atoms with van der Waals surface area (Å²) in [5, 5.41) is 7.49. The molecule has 6 nitrogen and oxygen atoms in total. The van der Waals surface area contributed by atoms with Gasteiger partial charge >= 0.3 is 6.18 Å². The van der Waals surface area contributed by atoms with E-state index in [-0.39, 0.29) is 11.5 Å². The van der Waals surface area contributed by atoms with Crippen molar-refractivity contribution in [3.63, 3.8) is 0 Å². The second kappa shape index (κ2) is 4.76. The van der Waals surface area contributed by atoms with E-state index in [0.29, 0.717) is 18.6 Å². The van der Waals surface area contributed by atoms with Crippen LogP contribution in [-0.2, 0) is 19.3 Å². The van der Waals surface area contributed by atoms with Crippen molar-refractivity contribution >= 4 is 17.0 Å². The van der Waals surface area contributed by atoms with E-state index in [9.17, 15) is 13.2 Å². The first kappa shape index (κ1) is 13.4. The molecule has 9 heteroatoms. The molecule has 0 bridgehead atoms. The van der Waals surface area contributed by atoms with Gasteiger partial charge in [-0.1, -0.05) is 5.21 Å². The lowest BCUT2D eigenvalue weighted by Crippen LogP contribution is -2.10. The Morgan fingerprint density at radius 2 is 2.00 bits per heavy atom. The molecule has 110 valence electrons. The van der Waals surface area contributed by atoms with E-state index < -0.39 is 11.7 Å². The molecular weight excluding hydrogens is 285 g/mol. The number of hydrogen-bond donors (Lipinski definition) is 1. The Hall–Kier alpha value is -2.58. The molecule has 3 aromatic rings. The molecule has 0 aliphatic heterocycles. The smallest absolute Gasteiger partial charge is 0.369 e. The van der Waals surface area contributed by atoms with E-state index >= 15 is 0 Å². The summed E-state index contributed by atoms with van der Waals surface area (Å²) in [6, 6.07) is 3.40. The number of nitrogen functional groups attached to an aromatic ring is 1. The summed E-state index contributed by atoms with van der Waals surface area (Å²) in [5.74, 6) is 0.171. The molecule has 0 spiro atoms. The molecule has 0 fully saturated rings. The van der Waals surface area contributed by atoms with Gasteiger partial charge in [-0.3, -0.25) is 4.68 Å². The number of imidazole rings is 1. The van der Waals surface area contributed by atoms with Gasteiger partial charge in [0.25, 0.3) is 0 Å². The molecule has 0 amide bonds. The Balaban J connectivity index is 1.94. The predicted octanol–water partition coefficient (Wildman–Crippen LogP) is 1.93. The third-order valence-electron chi connectivity index (χ3n) is 3.13. The van der Waals surface area contributed by atoms with Crippen LogP contribution < -0.4 is 5.73 Å². The molecule has 0 unspecified atom stereocenters. The molecule has 0 aliphatic rings. The van der Waals surface area contributed by atoms with Crippen molar-refractivity contribution in [1.29, 1.82) is 0 Å². The fraction of sp³-hybridized carbons (Fsp3) is 0.250. The van der Waals surface area contributed by atoms with E-state index in [2.05, 4.69) is 15.3 Å². The zero-order chi connectivity index (χ0) is 15.0. The van der Waals surface area contributed by atoms with Gasteiger partial charge in [0.15, 0.2) is 0 Å². The molecule has 0 saturated heterocycles. The van der Waals surface area contributed by atoms with Gasteiger partial charge in [0, 0.05) is 12.7 Å². The van der Waals surface area contributed by atoms with Crippen molar-refractivity contribution in [3.05, 3.63) is 36.2 Å². The van der Waals surface area contributed by atoms with Crippen LogP contribution in [0.15, 0.2) is 30.6 Å². The second-order valence-corrected chi connectivity index (χ2v) is 4.49. The van der Waals surface area contributed by atoms with Crippen LogP contribution in [0.1, 0.15) is 5.56 Å². The third-order valence-corrected chi connectivity index (χ3v) is 3.13. The quantitative estimate of drug-likeness (QED) is 0.801. The zero-order valence-electron chi connectivity index (χ0n) is 10.7. The lowest BCUT2D eigenvalue weighted by Gasteiger charge is -2.08. The Morgan fingerprint density at radius 3 is 2.67 bits per heavy atom. The zero-order valence-corrected chi connectivity index (χ0v) is 10.7. The monoisotopic (exact) mass is 296 g/mol. The highest BCUT2D eigenvalue weighted by Gasteiger charge is 2.31. The second-order valence-electron chi connectivity index (χ2n) is 4.49. The highest BCUT2D eigenvalue weighted by Crippen LogP contribution is 2.31. The maximum Gasteiger partial charge on any atom is 0.416 e. The van der Waals surface area contributed by atoms with Gasteiger partial charge in [0.05, 0.1) is 29.3 Å². The summed E-state index contributed by atoms with van der Waals surface area (Å²) in [4.78, 5) is 3.98. The molecular formula is C12H11F3N6. The fourth-order valence-electron chi connectivity index (χ4n) is 2.11. The number of anilines is 1. The van der Waals surface area contributed by atoms with Gasteiger partial charge in [0.2, 0.25) is 5.95 Å². The standard InChI is InChI=1S/C12H11F3N6/c13-12(14,15)8-1-2-10-9(7-8)18-11(16)21(10)6-5-20-4-3-17-19-20/h1-4,7H,5-6H2,(H2,16,18). The number of nitrogens with two attached hydrogens (primary N) is 1. The largest absolute Gasteiger partial charge is 0.416 e. The minimum absolute atomic E-state index is 0.171. The molecule has 0 radical (unpaired) electrons. The Kier molecular flexibility index (Phi) is 3.04. The van der Waals surface area contributed by atoms with E-state index in [1.54, 1.807) is 21.6 Å². The lowest BCUT2D eigenvalue weighted by atomic mass is 10.2. The van der Waals surface area contributed by atoms with E-state index in [0.717, 1.165) is 12.1 Å². The van der Waals surface area contributed by atoms with Gasteiger partial charge in [-0.15, -0.1) is 5.10 Å². The maximum atomic E-state index is 12.7. The van der Waals surface area contributed by atoms with Crippen LogP contribution in [0.4, 0.5) is 19.1 Å². The van der Waals surface area contributed by atoms with Gasteiger partial charge in [-0.25, -0.2) is 4.98 Å². The first-order valence-electron chi connectivity index (χ1n) is 6.12. The minimum atomic E-state index is -4.40. The van der Waals surface area contributed by atoms with Gasteiger partial charge in [-0.2, -0.15) is 13.2 Å². The Labute approximate surface area is 117 Å². The lowest BCUT2D eigenvalue weighted by molar-refractivity contribution is -0.137. The first-order chi connectivity index (χ1) is 9.95. The van der Waals surface area contributed by atoms with Crippen LogP contribution in [0, 0.1) is 0 Å². The number of benzene rings is 1. The highest BCUT2D eigenvalue weighted by atomic mass is 19.4. The van der Waals surface area contributed by atoms with Crippen molar-refractivity contribution in [2.24, 2.45) is 0 Å². The molecule has 2 N–H and O–H groups in total. The number of nitrogens with zero attached hydrogens (tertiary/aromatic N) is 5. The normalized spacial score (nSPS) is 12.1. The SMILES string of the molecule is Nc1nc2cc(C(F)(F)F)ccc2n1CCn1ccnn1. The summed E-state index contributed by atoms with van der Waals surface area (Å²) in [5.41, 5.74) is 5.82. The number of alkyl halides is 3. The van der Waals surface area contributed by atoms with Crippen LogP contribution in [0.5, 0.6) is 0 Å². The molecule has 2 aromatic heterocycles. The highest BCUT2D eigenvalue weighted by molar-refractivity contribution is 5.79. The number of halogens is 3. The van der Waals surface area contributed by atoms with E-state index in [1.165, 1.54) is 6.07 Å².